The van der Waals surface area contributed by atoms with E-state index in [0.717, 1.165) is 16.5 Å². The molecule has 0 saturated carbocycles. The van der Waals surface area contributed by atoms with Gasteiger partial charge in [-0.25, -0.2) is 9.18 Å². The van der Waals surface area contributed by atoms with Crippen molar-refractivity contribution in [1.29, 1.82) is 0 Å². The van der Waals surface area contributed by atoms with E-state index < -0.39 is 18.2 Å². The minimum absolute atomic E-state index is 0.0119. The van der Waals surface area contributed by atoms with Crippen LogP contribution in [0.3, 0.4) is 0 Å². The first kappa shape index (κ1) is 19.7. The van der Waals surface area contributed by atoms with Crippen molar-refractivity contribution in [1.82, 2.24) is 20.1 Å². The van der Waals surface area contributed by atoms with E-state index in [1.165, 1.54) is 16.8 Å². The number of likely N-dealkylation sites (N-methyl/N-ethyl adjacent to an activating group) is 1. The van der Waals surface area contributed by atoms with Crippen LogP contribution in [-0.2, 0) is 4.79 Å². The lowest BCUT2D eigenvalue weighted by Crippen LogP contribution is -2.44. The average Bonchev–Trinajstić information content (AvgIpc) is 3.23. The predicted molar refractivity (Wildman–Crippen MR) is 103 cm³/mol. The summed E-state index contributed by atoms with van der Waals surface area (Å²) in [7, 11) is 1.50. The fourth-order valence-electron chi connectivity index (χ4n) is 3.46. The molecule has 2 atom stereocenters. The number of nitrogens with two attached hydrogens (primary N) is 1. The fraction of sp³-hybridized carbons (Fsp3) is 0.421. The molecule has 4 N–H and O–H groups in total. The van der Waals surface area contributed by atoms with E-state index in [9.17, 15) is 18.8 Å². The molecule has 1 aromatic heterocycles. The van der Waals surface area contributed by atoms with Gasteiger partial charge in [-0.3, -0.25) is 9.59 Å². The smallest absolute Gasteiger partial charge is 0.312 e. The van der Waals surface area contributed by atoms with Gasteiger partial charge in [0.05, 0.1) is 12.6 Å². The third-order valence-electron chi connectivity index (χ3n) is 5.04. The molecule has 150 valence electrons. The van der Waals surface area contributed by atoms with Crippen LogP contribution in [-0.4, -0.2) is 71.5 Å². The Bertz CT molecular complexity index is 912. The lowest BCUT2D eigenvalue weighted by atomic mass is 10.2. The molecular weight excluding hydrogens is 365 g/mol. The third-order valence-corrected chi connectivity index (χ3v) is 5.04. The molecule has 1 fully saturated rings. The van der Waals surface area contributed by atoms with Gasteiger partial charge < -0.3 is 25.8 Å². The van der Waals surface area contributed by atoms with Gasteiger partial charge in [-0.05, 0) is 24.6 Å². The Kier molecular flexibility index (Phi) is 5.53. The molecule has 1 aliphatic rings. The van der Waals surface area contributed by atoms with E-state index >= 15 is 0 Å². The molecule has 8 nitrogen and oxygen atoms in total. The number of H-pyrrole nitrogens is 1. The van der Waals surface area contributed by atoms with Crippen LogP contribution < -0.4 is 11.1 Å². The minimum atomic E-state index is -1.34. The lowest BCUT2D eigenvalue weighted by Gasteiger charge is -2.25. The number of likely N-dealkylation sites (tertiary alicyclic amines) is 1. The summed E-state index contributed by atoms with van der Waals surface area (Å²) < 4.78 is 14.5. The number of primary amides is 1. The molecule has 1 saturated heterocycles. The van der Waals surface area contributed by atoms with Crippen LogP contribution in [0.2, 0.25) is 0 Å². The number of halogens is 1. The number of rotatable bonds is 5. The number of urea groups is 1. The maximum absolute atomic E-state index is 14.5. The number of aryl methyl sites for hydroxylation is 1. The van der Waals surface area contributed by atoms with E-state index in [1.54, 1.807) is 6.07 Å². The highest BCUT2D eigenvalue weighted by atomic mass is 19.1. The molecule has 3 rings (SSSR count). The zero-order valence-corrected chi connectivity index (χ0v) is 15.9. The molecule has 4 amide bonds. The number of hydrogen-bond donors (Lipinski definition) is 3. The number of carbonyl (C=O) groups excluding carboxylic acids is 3. The second kappa shape index (κ2) is 7.87. The van der Waals surface area contributed by atoms with Crippen LogP contribution in [0.5, 0.6) is 0 Å². The summed E-state index contributed by atoms with van der Waals surface area (Å²) in [6.07, 6.45) is -1.33. The van der Waals surface area contributed by atoms with Gasteiger partial charge in [0.2, 0.25) is 5.91 Å². The van der Waals surface area contributed by atoms with Crippen LogP contribution in [0.1, 0.15) is 22.5 Å². The van der Waals surface area contributed by atoms with Crippen molar-refractivity contribution in [2.45, 2.75) is 25.6 Å². The van der Waals surface area contributed by atoms with Gasteiger partial charge in [0.1, 0.15) is 11.9 Å². The Morgan fingerprint density at radius 1 is 1.32 bits per heavy atom. The third kappa shape index (κ3) is 4.08. The van der Waals surface area contributed by atoms with Crippen molar-refractivity contribution < 1.29 is 18.8 Å². The summed E-state index contributed by atoms with van der Waals surface area (Å²) >= 11 is 0. The standard InChI is InChI=1S/C19H24FN5O3/c1-11-3-4-12-8-15(23-14(12)7-11)18(27)25-9-13(20)16(10-25)24(2)17(26)5-6-22-19(21)28/h3-4,7-8,13,16,23H,5-6,9-10H2,1-2H3,(H3,21,22,28). The molecule has 28 heavy (non-hydrogen) atoms. The first-order valence-electron chi connectivity index (χ1n) is 9.08. The van der Waals surface area contributed by atoms with E-state index in [-0.39, 0.29) is 37.9 Å². The molecule has 0 radical (unpaired) electrons. The molecule has 0 aliphatic carbocycles. The summed E-state index contributed by atoms with van der Waals surface area (Å²) in [6.45, 7) is 2.08. The highest BCUT2D eigenvalue weighted by Crippen LogP contribution is 2.23. The number of carbonyl (C=O) groups is 3. The Labute approximate surface area is 161 Å². The first-order valence-corrected chi connectivity index (χ1v) is 9.08. The molecule has 1 aliphatic heterocycles. The molecule has 0 spiro atoms. The molecule has 9 heteroatoms. The second-order valence-electron chi connectivity index (χ2n) is 7.11. The van der Waals surface area contributed by atoms with E-state index in [2.05, 4.69) is 10.3 Å². The number of nitrogens with zero attached hydrogens (tertiary/aromatic N) is 2. The van der Waals surface area contributed by atoms with Gasteiger partial charge >= 0.3 is 6.03 Å². The average molecular weight is 389 g/mol. The topological polar surface area (TPSA) is 112 Å². The molecular formula is C19H24FN5O3. The van der Waals surface area contributed by atoms with Gasteiger partial charge in [0.25, 0.3) is 5.91 Å². The van der Waals surface area contributed by atoms with E-state index in [1.807, 2.05) is 25.1 Å². The van der Waals surface area contributed by atoms with Crippen LogP contribution >= 0.6 is 0 Å². The van der Waals surface area contributed by atoms with Crippen molar-refractivity contribution in [3.05, 3.63) is 35.5 Å². The quantitative estimate of drug-likeness (QED) is 0.713. The van der Waals surface area contributed by atoms with Gasteiger partial charge in [-0.2, -0.15) is 0 Å². The number of amides is 4. The van der Waals surface area contributed by atoms with Crippen LogP contribution in [0.15, 0.2) is 24.3 Å². The van der Waals surface area contributed by atoms with Gasteiger partial charge in [0, 0.05) is 37.5 Å². The SMILES string of the molecule is Cc1ccc2cc(C(=O)N3CC(F)C(N(C)C(=O)CCNC(N)=O)C3)[nH]c2c1. The number of hydrogen-bond acceptors (Lipinski definition) is 3. The Morgan fingerprint density at radius 2 is 2.07 bits per heavy atom. The van der Waals surface area contributed by atoms with E-state index in [4.69, 9.17) is 5.73 Å². The van der Waals surface area contributed by atoms with Crippen LogP contribution in [0.25, 0.3) is 10.9 Å². The summed E-state index contributed by atoms with van der Waals surface area (Å²) in [6, 6.07) is 6.14. The number of benzene rings is 1. The van der Waals surface area contributed by atoms with Gasteiger partial charge in [0.15, 0.2) is 0 Å². The van der Waals surface area contributed by atoms with Gasteiger partial charge in [-0.1, -0.05) is 12.1 Å². The highest BCUT2D eigenvalue weighted by molar-refractivity contribution is 5.98. The Balaban J connectivity index is 1.65. The Morgan fingerprint density at radius 3 is 2.79 bits per heavy atom. The van der Waals surface area contributed by atoms with Crippen molar-refractivity contribution in [3.8, 4) is 0 Å². The summed E-state index contributed by atoms with van der Waals surface area (Å²) in [5, 5.41) is 3.24. The van der Waals surface area contributed by atoms with Crippen molar-refractivity contribution in [2.24, 2.45) is 5.73 Å². The number of aromatic nitrogens is 1. The number of alkyl halides is 1. The molecule has 1 aromatic carbocycles. The van der Waals surface area contributed by atoms with Crippen molar-refractivity contribution in [3.63, 3.8) is 0 Å². The lowest BCUT2D eigenvalue weighted by molar-refractivity contribution is -0.132. The van der Waals surface area contributed by atoms with Crippen molar-refractivity contribution >= 4 is 28.7 Å². The largest absolute Gasteiger partial charge is 0.352 e. The summed E-state index contributed by atoms with van der Waals surface area (Å²) in [5.74, 6) is -0.618. The first-order chi connectivity index (χ1) is 13.3. The number of nitrogens with one attached hydrogen (secondary N) is 2. The normalized spacial score (nSPS) is 19.0. The summed E-state index contributed by atoms with van der Waals surface area (Å²) in [4.78, 5) is 41.5. The number of aromatic amines is 1. The second-order valence-corrected chi connectivity index (χ2v) is 7.11. The predicted octanol–water partition coefficient (Wildman–Crippen LogP) is 1.16. The molecule has 2 aromatic rings. The number of fused-ring (bicyclic) bond motifs is 1. The summed E-state index contributed by atoms with van der Waals surface area (Å²) in [5.41, 5.74) is 7.28. The molecule has 2 heterocycles. The maximum Gasteiger partial charge on any atom is 0.312 e. The van der Waals surface area contributed by atoms with Gasteiger partial charge in [-0.15, -0.1) is 0 Å². The zero-order chi connectivity index (χ0) is 20.4. The molecule has 0 bridgehead atoms. The monoisotopic (exact) mass is 389 g/mol. The fourth-order valence-corrected chi connectivity index (χ4v) is 3.46. The van der Waals surface area contributed by atoms with Crippen LogP contribution in [0, 0.1) is 6.92 Å². The van der Waals surface area contributed by atoms with Crippen molar-refractivity contribution in [2.75, 3.05) is 26.7 Å². The molecule has 2 unspecified atom stereocenters. The van der Waals surface area contributed by atoms with E-state index in [0.29, 0.717) is 5.69 Å². The minimum Gasteiger partial charge on any atom is -0.352 e. The highest BCUT2D eigenvalue weighted by Gasteiger charge is 2.39. The Hall–Kier alpha value is -3.10. The zero-order valence-electron chi connectivity index (χ0n) is 15.9. The maximum atomic E-state index is 14.5. The van der Waals surface area contributed by atoms with Crippen LogP contribution in [0.4, 0.5) is 9.18 Å².